The fourth-order valence-electron chi connectivity index (χ4n) is 1.89. The van der Waals surface area contributed by atoms with Crippen LogP contribution in [0.15, 0.2) is 41.0 Å². The first-order valence-electron chi connectivity index (χ1n) is 5.88. The Morgan fingerprint density at radius 2 is 1.94 bits per heavy atom. The van der Waals surface area contributed by atoms with Crippen molar-refractivity contribution in [2.24, 2.45) is 0 Å². The lowest BCUT2D eigenvalue weighted by Crippen LogP contribution is -2.15. The van der Waals surface area contributed by atoms with Crippen LogP contribution in [0.5, 0.6) is 0 Å². The molecule has 0 radical (unpaired) electrons. The summed E-state index contributed by atoms with van der Waals surface area (Å²) in [5.74, 6) is 0.707. The van der Waals surface area contributed by atoms with E-state index in [2.05, 4.69) is 5.32 Å². The molecule has 1 heterocycles. The highest BCUT2D eigenvalue weighted by Gasteiger charge is 2.21. The van der Waals surface area contributed by atoms with Crippen LogP contribution < -0.4 is 5.32 Å². The monoisotopic (exact) mass is 231 g/mol. The summed E-state index contributed by atoms with van der Waals surface area (Å²) in [4.78, 5) is 0. The van der Waals surface area contributed by atoms with Crippen molar-refractivity contribution in [2.75, 3.05) is 0 Å². The predicted molar refractivity (Wildman–Crippen MR) is 64.0 cm³/mol. The molecule has 1 N–H and O–H groups in total. The maximum Gasteiger partial charge on any atom is 0.125 e. The molecule has 3 heteroatoms. The van der Waals surface area contributed by atoms with Gasteiger partial charge >= 0.3 is 0 Å². The molecule has 1 aliphatic rings. The minimum absolute atomic E-state index is 0.213. The largest absolute Gasteiger partial charge is 0.467 e. The molecule has 0 aliphatic heterocycles. The van der Waals surface area contributed by atoms with Crippen LogP contribution in [0, 0.1) is 5.82 Å². The lowest BCUT2D eigenvalue weighted by atomic mass is 10.1. The number of furan rings is 1. The molecule has 0 bridgehead atoms. The van der Waals surface area contributed by atoms with Crippen molar-refractivity contribution < 1.29 is 8.81 Å². The Hall–Kier alpha value is -1.61. The Bertz CT molecular complexity index is 499. The Morgan fingerprint density at radius 3 is 2.65 bits per heavy atom. The Morgan fingerprint density at radius 1 is 1.18 bits per heavy atom. The highest BCUT2D eigenvalue weighted by molar-refractivity contribution is 5.65. The van der Waals surface area contributed by atoms with Crippen LogP contribution in [0.1, 0.15) is 18.6 Å². The average molecular weight is 231 g/mol. The van der Waals surface area contributed by atoms with E-state index < -0.39 is 0 Å². The first-order valence-corrected chi connectivity index (χ1v) is 5.88. The number of halogens is 1. The summed E-state index contributed by atoms with van der Waals surface area (Å²) >= 11 is 0. The van der Waals surface area contributed by atoms with E-state index in [0.717, 1.165) is 23.4 Å². The Kier molecular flexibility index (Phi) is 2.69. The number of hydrogen-bond donors (Lipinski definition) is 1. The van der Waals surface area contributed by atoms with Crippen molar-refractivity contribution >= 4 is 0 Å². The van der Waals surface area contributed by atoms with E-state index in [0.29, 0.717) is 6.04 Å². The molecule has 2 aromatic rings. The molecule has 0 spiro atoms. The fraction of sp³-hybridized carbons (Fsp3) is 0.286. The van der Waals surface area contributed by atoms with Crippen LogP contribution in [0.4, 0.5) is 4.39 Å². The lowest BCUT2D eigenvalue weighted by molar-refractivity contribution is 0.483. The molecule has 1 fully saturated rings. The second-order valence-electron chi connectivity index (χ2n) is 4.42. The van der Waals surface area contributed by atoms with Crippen molar-refractivity contribution in [1.82, 2.24) is 5.32 Å². The third-order valence-electron chi connectivity index (χ3n) is 3.03. The van der Waals surface area contributed by atoms with Gasteiger partial charge in [0.25, 0.3) is 0 Å². The van der Waals surface area contributed by atoms with Crippen LogP contribution in [-0.4, -0.2) is 6.04 Å². The quantitative estimate of drug-likeness (QED) is 0.873. The summed E-state index contributed by atoms with van der Waals surface area (Å²) in [5.41, 5.74) is 2.03. The van der Waals surface area contributed by atoms with Gasteiger partial charge in [-0.2, -0.15) is 0 Å². The molecule has 17 heavy (non-hydrogen) atoms. The SMILES string of the molecule is Fc1ccc(-c2ccoc2CNC2CC2)cc1. The summed E-state index contributed by atoms with van der Waals surface area (Å²) < 4.78 is 18.3. The van der Waals surface area contributed by atoms with Gasteiger partial charge in [-0.05, 0) is 36.6 Å². The molecular weight excluding hydrogens is 217 g/mol. The van der Waals surface area contributed by atoms with Gasteiger partial charge in [-0.25, -0.2) is 4.39 Å². The lowest BCUT2D eigenvalue weighted by Gasteiger charge is -2.04. The standard InChI is InChI=1S/C14H14FNO/c15-11-3-1-10(2-4-11)13-7-8-17-14(13)9-16-12-5-6-12/h1-4,7-8,12,16H,5-6,9H2. The maximum absolute atomic E-state index is 12.9. The number of benzene rings is 1. The maximum atomic E-state index is 12.9. The molecule has 2 nitrogen and oxygen atoms in total. The van der Waals surface area contributed by atoms with Gasteiger partial charge in [0.15, 0.2) is 0 Å². The van der Waals surface area contributed by atoms with Crippen LogP contribution in [-0.2, 0) is 6.54 Å². The van der Waals surface area contributed by atoms with Gasteiger partial charge in [-0.15, -0.1) is 0 Å². The van der Waals surface area contributed by atoms with Crippen molar-refractivity contribution in [3.8, 4) is 11.1 Å². The smallest absolute Gasteiger partial charge is 0.125 e. The van der Waals surface area contributed by atoms with Crippen molar-refractivity contribution in [2.45, 2.75) is 25.4 Å². The van der Waals surface area contributed by atoms with E-state index in [1.807, 2.05) is 6.07 Å². The second-order valence-corrected chi connectivity index (χ2v) is 4.42. The average Bonchev–Trinajstić information content (AvgIpc) is 3.06. The van der Waals surface area contributed by atoms with Gasteiger partial charge in [0.1, 0.15) is 11.6 Å². The summed E-state index contributed by atoms with van der Waals surface area (Å²) in [6, 6.07) is 9.08. The summed E-state index contributed by atoms with van der Waals surface area (Å²) in [7, 11) is 0. The fourth-order valence-corrected chi connectivity index (χ4v) is 1.89. The van der Waals surface area contributed by atoms with Crippen LogP contribution >= 0.6 is 0 Å². The molecule has 0 amide bonds. The van der Waals surface area contributed by atoms with E-state index in [4.69, 9.17) is 4.42 Å². The molecule has 0 atom stereocenters. The molecule has 0 saturated heterocycles. The molecule has 0 unspecified atom stereocenters. The Labute approximate surface area is 99.5 Å². The molecule has 88 valence electrons. The van der Waals surface area contributed by atoms with E-state index in [9.17, 15) is 4.39 Å². The van der Waals surface area contributed by atoms with Crippen LogP contribution in [0.25, 0.3) is 11.1 Å². The topological polar surface area (TPSA) is 25.2 Å². The first kappa shape index (κ1) is 10.5. The van der Waals surface area contributed by atoms with Crippen molar-refractivity contribution in [3.05, 3.63) is 48.2 Å². The van der Waals surface area contributed by atoms with Gasteiger partial charge in [0.2, 0.25) is 0 Å². The van der Waals surface area contributed by atoms with Gasteiger partial charge in [-0.3, -0.25) is 0 Å². The Balaban J connectivity index is 1.81. The molecule has 3 rings (SSSR count). The normalized spacial score (nSPS) is 15.1. The summed E-state index contributed by atoms with van der Waals surface area (Å²) in [5, 5.41) is 3.41. The second kappa shape index (κ2) is 4.34. The van der Waals surface area contributed by atoms with Crippen LogP contribution in [0.3, 0.4) is 0 Å². The van der Waals surface area contributed by atoms with Gasteiger partial charge in [0.05, 0.1) is 12.8 Å². The number of hydrogen-bond acceptors (Lipinski definition) is 2. The number of rotatable bonds is 4. The molecule has 1 aliphatic carbocycles. The zero-order valence-corrected chi connectivity index (χ0v) is 9.45. The highest BCUT2D eigenvalue weighted by Crippen LogP contribution is 2.26. The summed E-state index contributed by atoms with van der Waals surface area (Å²) in [6.07, 6.45) is 4.20. The van der Waals surface area contributed by atoms with E-state index >= 15 is 0 Å². The molecule has 1 aromatic carbocycles. The van der Waals surface area contributed by atoms with Crippen molar-refractivity contribution in [1.29, 1.82) is 0 Å². The third kappa shape index (κ3) is 2.39. The minimum atomic E-state index is -0.213. The highest BCUT2D eigenvalue weighted by atomic mass is 19.1. The van der Waals surface area contributed by atoms with E-state index in [1.54, 1.807) is 18.4 Å². The minimum Gasteiger partial charge on any atom is -0.467 e. The molecular formula is C14H14FNO. The van der Waals surface area contributed by atoms with Crippen molar-refractivity contribution in [3.63, 3.8) is 0 Å². The first-order chi connectivity index (χ1) is 8.33. The molecule has 1 saturated carbocycles. The zero-order chi connectivity index (χ0) is 11.7. The predicted octanol–water partition coefficient (Wildman–Crippen LogP) is 3.34. The summed E-state index contributed by atoms with van der Waals surface area (Å²) in [6.45, 7) is 0.740. The van der Waals surface area contributed by atoms with Gasteiger partial charge < -0.3 is 9.73 Å². The zero-order valence-electron chi connectivity index (χ0n) is 9.45. The van der Waals surface area contributed by atoms with Gasteiger partial charge in [0, 0.05) is 11.6 Å². The third-order valence-corrected chi connectivity index (χ3v) is 3.03. The molecule has 1 aromatic heterocycles. The van der Waals surface area contributed by atoms with Crippen LogP contribution in [0.2, 0.25) is 0 Å². The van der Waals surface area contributed by atoms with Gasteiger partial charge in [-0.1, -0.05) is 12.1 Å². The van der Waals surface area contributed by atoms with E-state index in [-0.39, 0.29) is 5.82 Å². The number of nitrogens with one attached hydrogen (secondary N) is 1. The van der Waals surface area contributed by atoms with E-state index in [1.165, 1.54) is 25.0 Å².